The van der Waals surface area contributed by atoms with Gasteiger partial charge in [0.2, 0.25) is 0 Å². The second-order valence-corrected chi connectivity index (χ2v) is 12.3. The summed E-state index contributed by atoms with van der Waals surface area (Å²) >= 11 is 0. The van der Waals surface area contributed by atoms with E-state index in [9.17, 15) is 9.90 Å². The van der Waals surface area contributed by atoms with E-state index in [-0.39, 0.29) is 12.2 Å². The third-order valence-corrected chi connectivity index (χ3v) is 9.37. The van der Waals surface area contributed by atoms with Gasteiger partial charge in [-0.1, -0.05) is 23.8 Å². The van der Waals surface area contributed by atoms with E-state index in [2.05, 4.69) is 41.4 Å². The molecular weight excluding hydrogens is 518 g/mol. The Hall–Kier alpha value is -2.52. The lowest BCUT2D eigenvalue weighted by Gasteiger charge is -2.36. The van der Waals surface area contributed by atoms with Crippen molar-refractivity contribution in [3.8, 4) is 0 Å². The third kappa shape index (κ3) is 6.77. The van der Waals surface area contributed by atoms with E-state index < -0.39 is 12.0 Å². The Morgan fingerprint density at radius 2 is 2.07 bits per heavy atom. The minimum Gasteiger partial charge on any atom is -0.480 e. The molecule has 0 spiro atoms. The first-order valence-corrected chi connectivity index (χ1v) is 15.7. The summed E-state index contributed by atoms with van der Waals surface area (Å²) in [6.07, 6.45) is 9.12. The Labute approximate surface area is 243 Å². The maximum Gasteiger partial charge on any atom is 0.325 e. The van der Waals surface area contributed by atoms with Crippen LogP contribution in [0.5, 0.6) is 0 Å². The number of unbranched alkanes of at least 4 members (excludes halogenated alkanes) is 1. The Balaban J connectivity index is 1.04. The smallest absolute Gasteiger partial charge is 0.325 e. The molecule has 2 fully saturated rings. The summed E-state index contributed by atoms with van der Waals surface area (Å²) in [6, 6.07) is 7.99. The van der Waals surface area contributed by atoms with Gasteiger partial charge in [0.25, 0.3) is 0 Å². The van der Waals surface area contributed by atoms with Crippen molar-refractivity contribution < 1.29 is 24.1 Å². The monoisotopic (exact) mass is 563 g/mol. The van der Waals surface area contributed by atoms with Crippen molar-refractivity contribution >= 4 is 11.8 Å². The zero-order chi connectivity index (χ0) is 28.2. The first-order chi connectivity index (χ1) is 20.0. The number of rotatable bonds is 10. The van der Waals surface area contributed by atoms with Crippen LogP contribution in [0.15, 0.2) is 24.3 Å². The lowest BCUT2D eigenvalue weighted by atomic mass is 9.83. The minimum absolute atomic E-state index is 0.0712. The first kappa shape index (κ1) is 28.6. The van der Waals surface area contributed by atoms with Gasteiger partial charge in [-0.15, -0.1) is 0 Å². The van der Waals surface area contributed by atoms with Crippen LogP contribution in [0.4, 0.5) is 5.82 Å². The van der Waals surface area contributed by atoms with Gasteiger partial charge in [-0.2, -0.15) is 0 Å². The highest BCUT2D eigenvalue weighted by molar-refractivity contribution is 5.76. The molecular formula is C33H45N3O5. The van der Waals surface area contributed by atoms with E-state index >= 15 is 0 Å². The highest BCUT2D eigenvalue weighted by Gasteiger charge is 2.38. The number of hydrogen-bond donors (Lipinski definition) is 2. The van der Waals surface area contributed by atoms with E-state index in [0.717, 1.165) is 106 Å². The molecule has 222 valence electrons. The zero-order valence-corrected chi connectivity index (χ0v) is 24.4. The van der Waals surface area contributed by atoms with Crippen molar-refractivity contribution in [3.05, 3.63) is 57.8 Å². The predicted octanol–water partition coefficient (Wildman–Crippen LogP) is 4.86. The lowest BCUT2D eigenvalue weighted by molar-refractivity contribution is -0.143. The fourth-order valence-corrected chi connectivity index (χ4v) is 7.17. The van der Waals surface area contributed by atoms with Gasteiger partial charge >= 0.3 is 5.97 Å². The standard InChI is InChI=1S/C33H45N3O5/c1-22-17-25-21-41-30(23-10-15-39-16-11-23)19-28(25)29(18-22)31(33(37)38)36-13-9-27(20-36)40-14-3-2-6-26-8-7-24-5-4-12-34-32(24)35-26/h7-8,17-18,23,27,30-31H,2-6,9-16,19-21H2,1H3,(H,34,35)(H,37,38)/t27-,30?,31-/m1/s1. The van der Waals surface area contributed by atoms with Crippen LogP contribution in [-0.2, 0) is 44.9 Å². The average molecular weight is 564 g/mol. The number of nitrogens with zero attached hydrogens (tertiary/aromatic N) is 2. The maximum atomic E-state index is 12.8. The van der Waals surface area contributed by atoms with Crippen molar-refractivity contribution in [1.82, 2.24) is 9.88 Å². The van der Waals surface area contributed by atoms with Crippen LogP contribution in [0.25, 0.3) is 0 Å². The Morgan fingerprint density at radius 1 is 1.20 bits per heavy atom. The third-order valence-electron chi connectivity index (χ3n) is 9.37. The number of ether oxygens (including phenoxy) is 3. The topological polar surface area (TPSA) is 93.2 Å². The van der Waals surface area contributed by atoms with Crippen molar-refractivity contribution in [2.24, 2.45) is 5.92 Å². The summed E-state index contributed by atoms with van der Waals surface area (Å²) in [7, 11) is 0. The highest BCUT2D eigenvalue weighted by atomic mass is 16.5. The van der Waals surface area contributed by atoms with Crippen LogP contribution in [0.1, 0.15) is 78.1 Å². The van der Waals surface area contributed by atoms with Crippen molar-refractivity contribution in [2.45, 2.75) is 89.6 Å². The van der Waals surface area contributed by atoms with E-state index in [1.807, 2.05) is 0 Å². The summed E-state index contributed by atoms with van der Waals surface area (Å²) in [5.74, 6) is 0.753. The highest BCUT2D eigenvalue weighted by Crippen LogP contribution is 2.37. The Bertz CT molecular complexity index is 1210. The van der Waals surface area contributed by atoms with Crippen LogP contribution >= 0.6 is 0 Å². The molecule has 3 atom stereocenters. The van der Waals surface area contributed by atoms with Gasteiger partial charge in [0.15, 0.2) is 0 Å². The number of fused-ring (bicyclic) bond motifs is 2. The summed E-state index contributed by atoms with van der Waals surface area (Å²) in [5, 5.41) is 13.9. The molecule has 2 aromatic rings. The largest absolute Gasteiger partial charge is 0.480 e. The molecule has 5 heterocycles. The molecule has 4 aliphatic rings. The van der Waals surface area contributed by atoms with Crippen LogP contribution in [-0.4, -0.2) is 72.6 Å². The Kier molecular flexibility index (Phi) is 9.20. The molecule has 1 unspecified atom stereocenters. The minimum atomic E-state index is -0.778. The van der Waals surface area contributed by atoms with Gasteiger partial charge < -0.3 is 24.6 Å². The number of carbonyl (C=O) groups is 1. The number of aromatic nitrogens is 1. The molecule has 1 aromatic carbocycles. The number of aliphatic carboxylic acids is 1. The number of pyridine rings is 1. The van der Waals surface area contributed by atoms with Gasteiger partial charge in [-0.25, -0.2) is 4.98 Å². The molecule has 1 aromatic heterocycles. The average Bonchev–Trinajstić information content (AvgIpc) is 3.45. The first-order valence-electron chi connectivity index (χ1n) is 15.7. The van der Waals surface area contributed by atoms with E-state index in [0.29, 0.717) is 25.7 Å². The van der Waals surface area contributed by atoms with Crippen LogP contribution < -0.4 is 5.32 Å². The molecule has 8 nitrogen and oxygen atoms in total. The summed E-state index contributed by atoms with van der Waals surface area (Å²) in [6.45, 7) is 7.27. The number of likely N-dealkylation sites (tertiary alicyclic amines) is 1. The zero-order valence-electron chi connectivity index (χ0n) is 24.4. The number of aryl methyl sites for hydroxylation is 3. The van der Waals surface area contributed by atoms with Crippen molar-refractivity contribution in [2.75, 3.05) is 44.8 Å². The fourth-order valence-electron chi connectivity index (χ4n) is 7.17. The van der Waals surface area contributed by atoms with E-state index in [1.54, 1.807) is 0 Å². The number of benzene rings is 1. The molecule has 6 rings (SSSR count). The number of carboxylic acid groups (broad SMARTS) is 1. The van der Waals surface area contributed by atoms with Crippen LogP contribution in [0.2, 0.25) is 0 Å². The molecule has 4 aliphatic heterocycles. The predicted molar refractivity (Wildman–Crippen MR) is 157 cm³/mol. The molecule has 0 amide bonds. The SMILES string of the molecule is Cc1cc2c(c([C@H](C(=O)O)N3CC[C@@H](OCCCCc4ccc5c(n4)NCCC5)C3)c1)CC(C1CCOCC1)OC2. The molecule has 0 bridgehead atoms. The number of carboxylic acids is 1. The van der Waals surface area contributed by atoms with Crippen molar-refractivity contribution in [3.63, 3.8) is 0 Å². The normalized spacial score (nSPS) is 23.9. The second-order valence-electron chi connectivity index (χ2n) is 12.3. The van der Waals surface area contributed by atoms with E-state index in [1.165, 1.54) is 17.5 Å². The summed E-state index contributed by atoms with van der Waals surface area (Å²) in [5.41, 5.74) is 6.83. The molecule has 41 heavy (non-hydrogen) atoms. The number of nitrogens with one attached hydrogen (secondary N) is 1. The van der Waals surface area contributed by atoms with Gasteiger partial charge in [0.05, 0.1) is 18.8 Å². The quantitative estimate of drug-likeness (QED) is 0.396. The number of anilines is 1. The second kappa shape index (κ2) is 13.2. The van der Waals surface area contributed by atoms with Crippen molar-refractivity contribution in [1.29, 1.82) is 0 Å². The van der Waals surface area contributed by atoms with Crippen LogP contribution in [0.3, 0.4) is 0 Å². The molecule has 8 heteroatoms. The lowest BCUT2D eigenvalue weighted by Crippen LogP contribution is -2.37. The molecule has 0 saturated carbocycles. The van der Waals surface area contributed by atoms with Gasteiger partial charge in [-0.05, 0) is 98.9 Å². The van der Waals surface area contributed by atoms with E-state index in [4.69, 9.17) is 19.2 Å². The van der Waals surface area contributed by atoms with Gasteiger partial charge in [-0.3, -0.25) is 9.69 Å². The summed E-state index contributed by atoms with van der Waals surface area (Å²) < 4.78 is 18.1. The molecule has 0 aliphatic carbocycles. The summed E-state index contributed by atoms with van der Waals surface area (Å²) in [4.78, 5) is 19.7. The molecule has 2 N–H and O–H groups in total. The fraction of sp³-hybridized carbons (Fsp3) is 0.636. The Morgan fingerprint density at radius 3 is 2.93 bits per heavy atom. The van der Waals surface area contributed by atoms with Gasteiger partial charge in [0, 0.05) is 45.1 Å². The van der Waals surface area contributed by atoms with Crippen LogP contribution in [0, 0.1) is 12.8 Å². The molecule has 0 radical (unpaired) electrons. The molecule has 2 saturated heterocycles. The maximum absolute atomic E-state index is 12.8. The number of hydrogen-bond acceptors (Lipinski definition) is 7. The van der Waals surface area contributed by atoms with Gasteiger partial charge in [0.1, 0.15) is 11.9 Å².